The lowest BCUT2D eigenvalue weighted by molar-refractivity contribution is -0.143. The smallest absolute Gasteiger partial charge is 0.320 e. The third kappa shape index (κ3) is 2.71. The molecule has 0 radical (unpaired) electrons. The van der Waals surface area contributed by atoms with E-state index in [1.54, 1.807) is 0 Å². The molecule has 0 spiro atoms. The normalized spacial score (nSPS) is 17.8. The van der Waals surface area contributed by atoms with Gasteiger partial charge in [0.15, 0.2) is 0 Å². The molecule has 1 fully saturated rings. The van der Waals surface area contributed by atoms with Crippen LogP contribution in [0.3, 0.4) is 0 Å². The zero-order chi connectivity index (χ0) is 10.6. The first-order chi connectivity index (χ1) is 6.70. The molecule has 4 nitrogen and oxygen atoms in total. The Morgan fingerprint density at radius 1 is 1.71 bits per heavy atom. The first-order valence-corrected chi connectivity index (χ1v) is 5.06. The summed E-state index contributed by atoms with van der Waals surface area (Å²) < 4.78 is 0. The molecular weight excluding hydrogens is 180 g/mol. The molecule has 1 aliphatic rings. The molecular formula is C10H16N2O2. The van der Waals surface area contributed by atoms with Gasteiger partial charge in [-0.1, -0.05) is 6.92 Å². The summed E-state index contributed by atoms with van der Waals surface area (Å²) in [6.45, 7) is 2.46. The van der Waals surface area contributed by atoms with E-state index >= 15 is 0 Å². The van der Waals surface area contributed by atoms with Crippen LogP contribution in [0.4, 0.5) is 0 Å². The van der Waals surface area contributed by atoms with Crippen molar-refractivity contribution >= 4 is 5.97 Å². The molecule has 1 aliphatic carbocycles. The Hall–Kier alpha value is -1.08. The highest BCUT2D eigenvalue weighted by Gasteiger charge is 2.35. The number of hydrogen-bond donors (Lipinski definition) is 1. The van der Waals surface area contributed by atoms with Gasteiger partial charge in [-0.25, -0.2) is 0 Å². The third-order valence-electron chi connectivity index (χ3n) is 2.57. The van der Waals surface area contributed by atoms with Crippen LogP contribution in [0.5, 0.6) is 0 Å². The van der Waals surface area contributed by atoms with Gasteiger partial charge >= 0.3 is 5.97 Å². The Kier molecular flexibility index (Phi) is 3.90. The molecule has 0 aliphatic heterocycles. The van der Waals surface area contributed by atoms with Gasteiger partial charge in [-0.3, -0.25) is 9.69 Å². The largest absolute Gasteiger partial charge is 0.480 e. The van der Waals surface area contributed by atoms with Crippen LogP contribution in [0.15, 0.2) is 0 Å². The van der Waals surface area contributed by atoms with E-state index in [4.69, 9.17) is 10.4 Å². The quantitative estimate of drug-likeness (QED) is 0.694. The van der Waals surface area contributed by atoms with E-state index in [9.17, 15) is 4.79 Å². The number of carboxylic acids is 1. The van der Waals surface area contributed by atoms with Crippen LogP contribution in [-0.2, 0) is 4.79 Å². The maximum Gasteiger partial charge on any atom is 0.320 e. The standard InChI is InChI=1S/C10H16N2O2/c1-2-9(10(13)14)12(7-3-6-11)8-4-5-8/h8-9H,2-5,7H2,1H3,(H,13,14). The lowest BCUT2D eigenvalue weighted by Crippen LogP contribution is -2.42. The molecule has 4 heteroatoms. The fourth-order valence-electron chi connectivity index (χ4n) is 1.73. The van der Waals surface area contributed by atoms with Gasteiger partial charge in [0, 0.05) is 19.0 Å². The summed E-state index contributed by atoms with van der Waals surface area (Å²) in [6.07, 6.45) is 3.18. The molecule has 1 rings (SSSR count). The van der Waals surface area contributed by atoms with Gasteiger partial charge in [0.2, 0.25) is 0 Å². The molecule has 0 aromatic heterocycles. The van der Waals surface area contributed by atoms with Gasteiger partial charge in [-0.05, 0) is 19.3 Å². The van der Waals surface area contributed by atoms with Gasteiger partial charge in [0.1, 0.15) is 6.04 Å². The topological polar surface area (TPSA) is 64.3 Å². The van der Waals surface area contributed by atoms with Crippen LogP contribution in [0, 0.1) is 11.3 Å². The molecule has 1 saturated carbocycles. The zero-order valence-electron chi connectivity index (χ0n) is 8.44. The summed E-state index contributed by atoms with van der Waals surface area (Å²) in [7, 11) is 0. The third-order valence-corrected chi connectivity index (χ3v) is 2.57. The number of carboxylic acid groups (broad SMARTS) is 1. The highest BCUT2D eigenvalue weighted by molar-refractivity contribution is 5.73. The van der Waals surface area contributed by atoms with Crippen molar-refractivity contribution in [3.05, 3.63) is 0 Å². The van der Waals surface area contributed by atoms with Gasteiger partial charge in [0.25, 0.3) is 0 Å². The Bertz CT molecular complexity index is 243. The minimum atomic E-state index is -0.766. The van der Waals surface area contributed by atoms with Crippen LogP contribution in [0.25, 0.3) is 0 Å². The minimum Gasteiger partial charge on any atom is -0.480 e. The average molecular weight is 196 g/mol. The van der Waals surface area contributed by atoms with E-state index in [0.29, 0.717) is 25.4 Å². The van der Waals surface area contributed by atoms with Crippen molar-refractivity contribution in [1.82, 2.24) is 4.90 Å². The Balaban J connectivity index is 2.55. The van der Waals surface area contributed by atoms with Crippen molar-refractivity contribution in [1.29, 1.82) is 5.26 Å². The maximum absolute atomic E-state index is 10.9. The summed E-state index contributed by atoms with van der Waals surface area (Å²) in [5.41, 5.74) is 0. The van der Waals surface area contributed by atoms with E-state index in [-0.39, 0.29) is 0 Å². The fraction of sp³-hybridized carbons (Fsp3) is 0.800. The zero-order valence-corrected chi connectivity index (χ0v) is 8.44. The number of nitrogens with zero attached hydrogens (tertiary/aromatic N) is 2. The van der Waals surface area contributed by atoms with Crippen LogP contribution in [0.2, 0.25) is 0 Å². The van der Waals surface area contributed by atoms with Crippen molar-refractivity contribution in [2.75, 3.05) is 6.54 Å². The molecule has 0 aromatic rings. The fourth-order valence-corrected chi connectivity index (χ4v) is 1.73. The molecule has 0 heterocycles. The second-order valence-corrected chi connectivity index (χ2v) is 3.64. The maximum atomic E-state index is 10.9. The Labute approximate surface area is 84.1 Å². The lowest BCUT2D eigenvalue weighted by atomic mass is 10.2. The Morgan fingerprint density at radius 3 is 2.71 bits per heavy atom. The van der Waals surface area contributed by atoms with Gasteiger partial charge in [-0.15, -0.1) is 0 Å². The van der Waals surface area contributed by atoms with Gasteiger partial charge in [0.05, 0.1) is 6.07 Å². The molecule has 0 saturated heterocycles. The molecule has 0 bridgehead atoms. The SMILES string of the molecule is CCC(C(=O)O)N(CCC#N)C1CC1. The average Bonchev–Trinajstić information content (AvgIpc) is 2.94. The summed E-state index contributed by atoms with van der Waals surface area (Å²) in [4.78, 5) is 12.9. The van der Waals surface area contributed by atoms with Crippen molar-refractivity contribution in [2.24, 2.45) is 0 Å². The van der Waals surface area contributed by atoms with Crippen LogP contribution in [-0.4, -0.2) is 34.6 Å². The summed E-state index contributed by atoms with van der Waals surface area (Å²) in [5.74, 6) is -0.766. The molecule has 78 valence electrons. The number of nitriles is 1. The number of rotatable bonds is 6. The van der Waals surface area contributed by atoms with Crippen molar-refractivity contribution < 1.29 is 9.90 Å². The molecule has 0 aromatic carbocycles. The molecule has 14 heavy (non-hydrogen) atoms. The van der Waals surface area contributed by atoms with Crippen LogP contribution >= 0.6 is 0 Å². The van der Waals surface area contributed by atoms with E-state index in [1.165, 1.54) is 0 Å². The van der Waals surface area contributed by atoms with Crippen molar-refractivity contribution in [2.45, 2.75) is 44.7 Å². The van der Waals surface area contributed by atoms with E-state index < -0.39 is 12.0 Å². The second-order valence-electron chi connectivity index (χ2n) is 3.64. The summed E-state index contributed by atoms with van der Waals surface area (Å²) in [5, 5.41) is 17.5. The summed E-state index contributed by atoms with van der Waals surface area (Å²) >= 11 is 0. The second kappa shape index (κ2) is 4.97. The van der Waals surface area contributed by atoms with E-state index in [1.807, 2.05) is 11.8 Å². The van der Waals surface area contributed by atoms with Gasteiger partial charge in [-0.2, -0.15) is 5.26 Å². The summed E-state index contributed by atoms with van der Waals surface area (Å²) in [6, 6.07) is 2.06. The molecule has 1 atom stereocenters. The number of hydrogen-bond acceptors (Lipinski definition) is 3. The first kappa shape index (κ1) is 11.0. The minimum absolute atomic E-state index is 0.407. The molecule has 1 unspecified atom stereocenters. The number of aliphatic carboxylic acids is 1. The molecule has 0 amide bonds. The monoisotopic (exact) mass is 196 g/mol. The van der Waals surface area contributed by atoms with Gasteiger partial charge < -0.3 is 5.11 Å². The van der Waals surface area contributed by atoms with E-state index in [0.717, 1.165) is 12.8 Å². The van der Waals surface area contributed by atoms with Crippen LogP contribution in [0.1, 0.15) is 32.6 Å². The van der Waals surface area contributed by atoms with Crippen LogP contribution < -0.4 is 0 Å². The predicted octanol–water partition coefficient (Wildman–Crippen LogP) is 1.23. The Morgan fingerprint density at radius 2 is 2.36 bits per heavy atom. The highest BCUT2D eigenvalue weighted by Crippen LogP contribution is 2.29. The van der Waals surface area contributed by atoms with Crippen molar-refractivity contribution in [3.63, 3.8) is 0 Å². The molecule has 1 N–H and O–H groups in total. The number of carbonyl (C=O) groups is 1. The lowest BCUT2D eigenvalue weighted by Gasteiger charge is -2.26. The highest BCUT2D eigenvalue weighted by atomic mass is 16.4. The van der Waals surface area contributed by atoms with Crippen molar-refractivity contribution in [3.8, 4) is 6.07 Å². The van der Waals surface area contributed by atoms with E-state index in [2.05, 4.69) is 6.07 Å². The predicted molar refractivity (Wildman–Crippen MR) is 51.7 cm³/mol. The first-order valence-electron chi connectivity index (χ1n) is 5.06.